The highest BCUT2D eigenvalue weighted by atomic mass is 16.5. The van der Waals surface area contributed by atoms with Gasteiger partial charge in [0.05, 0.1) is 24.2 Å². The Labute approximate surface area is 108 Å². The van der Waals surface area contributed by atoms with E-state index in [0.29, 0.717) is 13.2 Å². The maximum Gasteiger partial charge on any atom is 0.124 e. The molecule has 1 aromatic carbocycles. The zero-order valence-corrected chi connectivity index (χ0v) is 11.0. The Kier molecular flexibility index (Phi) is 3.88. The molecule has 1 atom stereocenters. The summed E-state index contributed by atoms with van der Waals surface area (Å²) in [7, 11) is 0. The van der Waals surface area contributed by atoms with Crippen LogP contribution in [0, 0.1) is 11.3 Å². The first kappa shape index (κ1) is 12.9. The average molecular weight is 245 g/mol. The molecule has 2 rings (SSSR count). The van der Waals surface area contributed by atoms with Crippen LogP contribution in [0.25, 0.3) is 0 Å². The van der Waals surface area contributed by atoms with Crippen molar-refractivity contribution in [2.75, 3.05) is 13.2 Å². The molecule has 1 aromatic rings. The van der Waals surface area contributed by atoms with Gasteiger partial charge in [0.1, 0.15) is 5.75 Å². The van der Waals surface area contributed by atoms with Gasteiger partial charge in [0.2, 0.25) is 0 Å². The van der Waals surface area contributed by atoms with E-state index in [1.54, 1.807) is 0 Å². The Morgan fingerprint density at radius 1 is 1.44 bits per heavy atom. The van der Waals surface area contributed by atoms with Gasteiger partial charge in [-0.1, -0.05) is 18.2 Å². The molecule has 1 heterocycles. The zero-order chi connectivity index (χ0) is 13.0. The highest BCUT2D eigenvalue weighted by Crippen LogP contribution is 2.40. The molecule has 0 saturated heterocycles. The van der Waals surface area contributed by atoms with Gasteiger partial charge in [-0.15, -0.1) is 0 Å². The number of nitrogens with zero attached hydrogens (tertiary/aromatic N) is 1. The van der Waals surface area contributed by atoms with E-state index in [-0.39, 0.29) is 6.10 Å². The van der Waals surface area contributed by atoms with Gasteiger partial charge in [0, 0.05) is 18.6 Å². The third kappa shape index (κ3) is 2.49. The predicted molar refractivity (Wildman–Crippen MR) is 69.6 cm³/mol. The van der Waals surface area contributed by atoms with Gasteiger partial charge in [0.15, 0.2) is 0 Å². The SMILES string of the molecule is CC(C)OCCC1(C#N)CCOc2ccccc21. The number of benzene rings is 1. The highest BCUT2D eigenvalue weighted by Gasteiger charge is 2.37. The number of para-hydroxylation sites is 1. The first-order valence-corrected chi connectivity index (χ1v) is 6.43. The Morgan fingerprint density at radius 2 is 2.22 bits per heavy atom. The van der Waals surface area contributed by atoms with Gasteiger partial charge in [-0.2, -0.15) is 5.26 Å². The minimum atomic E-state index is -0.455. The molecule has 3 heteroatoms. The molecular formula is C15H19NO2. The molecule has 3 nitrogen and oxygen atoms in total. The van der Waals surface area contributed by atoms with Crippen LogP contribution in [0.5, 0.6) is 5.75 Å². The smallest absolute Gasteiger partial charge is 0.124 e. The van der Waals surface area contributed by atoms with E-state index < -0.39 is 5.41 Å². The summed E-state index contributed by atoms with van der Waals surface area (Å²) < 4.78 is 11.2. The van der Waals surface area contributed by atoms with Gasteiger partial charge in [-0.05, 0) is 26.3 Å². The van der Waals surface area contributed by atoms with Crippen LogP contribution in [0.2, 0.25) is 0 Å². The zero-order valence-electron chi connectivity index (χ0n) is 11.0. The van der Waals surface area contributed by atoms with Crippen molar-refractivity contribution in [1.29, 1.82) is 5.26 Å². The van der Waals surface area contributed by atoms with E-state index in [0.717, 1.165) is 24.2 Å². The van der Waals surface area contributed by atoms with E-state index in [1.807, 2.05) is 38.1 Å². The van der Waals surface area contributed by atoms with Crippen molar-refractivity contribution in [3.63, 3.8) is 0 Å². The third-order valence-electron chi connectivity index (χ3n) is 3.38. The van der Waals surface area contributed by atoms with E-state index in [1.165, 1.54) is 0 Å². The van der Waals surface area contributed by atoms with Gasteiger partial charge in [0.25, 0.3) is 0 Å². The lowest BCUT2D eigenvalue weighted by atomic mass is 9.75. The van der Waals surface area contributed by atoms with Crippen LogP contribution < -0.4 is 4.74 Å². The molecule has 0 aliphatic carbocycles. The first-order chi connectivity index (χ1) is 8.68. The second-order valence-corrected chi connectivity index (χ2v) is 4.96. The molecule has 1 aliphatic rings. The number of hydrogen-bond donors (Lipinski definition) is 0. The van der Waals surface area contributed by atoms with E-state index in [4.69, 9.17) is 9.47 Å². The predicted octanol–water partition coefficient (Wildman–Crippen LogP) is 3.05. The average Bonchev–Trinajstić information content (AvgIpc) is 2.38. The Bertz CT molecular complexity index is 450. The molecule has 0 amide bonds. The van der Waals surface area contributed by atoms with Gasteiger partial charge >= 0.3 is 0 Å². The summed E-state index contributed by atoms with van der Waals surface area (Å²) in [6, 6.07) is 10.3. The lowest BCUT2D eigenvalue weighted by Crippen LogP contribution is -2.33. The van der Waals surface area contributed by atoms with Gasteiger partial charge in [-0.25, -0.2) is 0 Å². The van der Waals surface area contributed by atoms with E-state index in [2.05, 4.69) is 6.07 Å². The van der Waals surface area contributed by atoms with Crippen LogP contribution in [0.1, 0.15) is 32.3 Å². The van der Waals surface area contributed by atoms with Gasteiger partial charge < -0.3 is 9.47 Å². The van der Waals surface area contributed by atoms with Crippen molar-refractivity contribution in [2.45, 2.75) is 38.2 Å². The minimum Gasteiger partial charge on any atom is -0.493 e. The van der Waals surface area contributed by atoms with Crippen molar-refractivity contribution in [1.82, 2.24) is 0 Å². The Morgan fingerprint density at radius 3 is 2.94 bits per heavy atom. The molecule has 0 aromatic heterocycles. The number of rotatable bonds is 4. The molecule has 1 aliphatic heterocycles. The normalized spacial score (nSPS) is 22.1. The molecule has 0 radical (unpaired) electrons. The molecule has 0 bridgehead atoms. The van der Waals surface area contributed by atoms with Crippen LogP contribution in [0.3, 0.4) is 0 Å². The van der Waals surface area contributed by atoms with Crippen LogP contribution in [-0.4, -0.2) is 19.3 Å². The van der Waals surface area contributed by atoms with Crippen LogP contribution in [0.4, 0.5) is 0 Å². The lowest BCUT2D eigenvalue weighted by molar-refractivity contribution is 0.0643. The summed E-state index contributed by atoms with van der Waals surface area (Å²) >= 11 is 0. The monoisotopic (exact) mass is 245 g/mol. The van der Waals surface area contributed by atoms with Crippen molar-refractivity contribution >= 4 is 0 Å². The summed E-state index contributed by atoms with van der Waals surface area (Å²) in [6.45, 7) is 5.24. The molecule has 0 N–H and O–H groups in total. The fourth-order valence-corrected chi connectivity index (χ4v) is 2.36. The quantitative estimate of drug-likeness (QED) is 0.818. The largest absolute Gasteiger partial charge is 0.493 e. The summed E-state index contributed by atoms with van der Waals surface area (Å²) in [6.07, 6.45) is 1.67. The number of ether oxygens (including phenoxy) is 2. The number of fused-ring (bicyclic) bond motifs is 1. The highest BCUT2D eigenvalue weighted by molar-refractivity contribution is 5.45. The molecule has 0 saturated carbocycles. The topological polar surface area (TPSA) is 42.2 Å². The van der Waals surface area contributed by atoms with Crippen molar-refractivity contribution < 1.29 is 9.47 Å². The van der Waals surface area contributed by atoms with Crippen molar-refractivity contribution in [3.05, 3.63) is 29.8 Å². The number of hydrogen-bond acceptors (Lipinski definition) is 3. The summed E-state index contributed by atoms with van der Waals surface area (Å²) in [5.74, 6) is 0.842. The summed E-state index contributed by atoms with van der Waals surface area (Å²) in [5, 5.41) is 9.59. The molecule has 0 fully saturated rings. The second kappa shape index (κ2) is 5.41. The molecule has 18 heavy (non-hydrogen) atoms. The summed E-state index contributed by atoms with van der Waals surface area (Å²) in [5.41, 5.74) is 0.551. The standard InChI is InChI=1S/C15H19NO2/c1-12(2)17-9-7-15(11-16)8-10-18-14-6-4-3-5-13(14)15/h3-6,12H,7-10H2,1-2H3. The van der Waals surface area contributed by atoms with Crippen molar-refractivity contribution in [3.8, 4) is 11.8 Å². The third-order valence-corrected chi connectivity index (χ3v) is 3.38. The second-order valence-electron chi connectivity index (χ2n) is 4.96. The fraction of sp³-hybridized carbons (Fsp3) is 0.533. The molecule has 96 valence electrons. The van der Waals surface area contributed by atoms with Crippen LogP contribution >= 0.6 is 0 Å². The molecule has 0 spiro atoms. The lowest BCUT2D eigenvalue weighted by Gasteiger charge is -2.33. The maximum absolute atomic E-state index is 9.59. The Hall–Kier alpha value is -1.53. The fourth-order valence-electron chi connectivity index (χ4n) is 2.36. The van der Waals surface area contributed by atoms with Gasteiger partial charge in [-0.3, -0.25) is 0 Å². The van der Waals surface area contributed by atoms with Crippen LogP contribution in [-0.2, 0) is 10.2 Å². The molecule has 1 unspecified atom stereocenters. The van der Waals surface area contributed by atoms with Crippen LogP contribution in [0.15, 0.2) is 24.3 Å². The molecular weight excluding hydrogens is 226 g/mol. The minimum absolute atomic E-state index is 0.204. The maximum atomic E-state index is 9.59. The van der Waals surface area contributed by atoms with E-state index >= 15 is 0 Å². The van der Waals surface area contributed by atoms with E-state index in [9.17, 15) is 5.26 Å². The summed E-state index contributed by atoms with van der Waals surface area (Å²) in [4.78, 5) is 0. The Balaban J connectivity index is 2.21. The number of nitriles is 1. The first-order valence-electron chi connectivity index (χ1n) is 6.43. The van der Waals surface area contributed by atoms with Crippen molar-refractivity contribution in [2.24, 2.45) is 0 Å².